The van der Waals surface area contributed by atoms with Crippen LogP contribution >= 0.6 is 0 Å². The van der Waals surface area contributed by atoms with Crippen LogP contribution in [0, 0.1) is 11.3 Å². The summed E-state index contributed by atoms with van der Waals surface area (Å²) < 4.78 is 43.1. The number of fused-ring (bicyclic) bond motifs is 3. The molecule has 1 fully saturated rings. The third-order valence-electron chi connectivity index (χ3n) is 5.55. The second kappa shape index (κ2) is 7.16. The van der Waals surface area contributed by atoms with Gasteiger partial charge >= 0.3 is 6.18 Å². The second-order valence-corrected chi connectivity index (χ2v) is 7.32. The minimum atomic E-state index is -4.66. The molecule has 0 saturated carbocycles. The molecule has 0 amide bonds. The molecule has 1 aliphatic rings. The number of rotatable bonds is 2. The standard InChI is InChI=1S/C22H17F3N6/c23-22(24,25)16-13-20(30-11-9-29(10-12-30)19-7-3-4-8-27-19)31-18-6-2-1-5-17(18)28-21(31)15(16)14-26/h1-8,13H,9-12H2. The monoisotopic (exact) mass is 422 g/mol. The normalized spacial score (nSPS) is 14.9. The van der Waals surface area contributed by atoms with Crippen molar-refractivity contribution in [3.63, 3.8) is 0 Å². The van der Waals surface area contributed by atoms with E-state index in [0.29, 0.717) is 43.0 Å². The predicted octanol–water partition coefficient (Wildman–Crippen LogP) is 4.10. The molecule has 0 unspecified atom stereocenters. The third-order valence-corrected chi connectivity index (χ3v) is 5.55. The molecule has 0 atom stereocenters. The Morgan fingerprint density at radius 3 is 2.32 bits per heavy atom. The zero-order chi connectivity index (χ0) is 21.6. The number of hydrogen-bond acceptors (Lipinski definition) is 5. The lowest BCUT2D eigenvalue weighted by Crippen LogP contribution is -2.47. The SMILES string of the molecule is N#Cc1c(C(F)(F)F)cc(N2CCN(c3ccccn3)CC2)n2c1nc1ccccc12. The summed E-state index contributed by atoms with van der Waals surface area (Å²) in [5, 5.41) is 9.54. The van der Waals surface area contributed by atoms with E-state index in [4.69, 9.17) is 0 Å². The summed E-state index contributed by atoms with van der Waals surface area (Å²) >= 11 is 0. The molecule has 0 N–H and O–H groups in total. The van der Waals surface area contributed by atoms with Crippen molar-refractivity contribution in [2.24, 2.45) is 0 Å². The fourth-order valence-electron chi connectivity index (χ4n) is 4.08. The van der Waals surface area contributed by atoms with Crippen molar-refractivity contribution < 1.29 is 13.2 Å². The van der Waals surface area contributed by atoms with Gasteiger partial charge in [0.1, 0.15) is 23.3 Å². The maximum atomic E-state index is 13.8. The Hall–Kier alpha value is -3.80. The Morgan fingerprint density at radius 1 is 0.935 bits per heavy atom. The minimum absolute atomic E-state index is 0.0284. The van der Waals surface area contributed by atoms with Gasteiger partial charge in [-0.1, -0.05) is 18.2 Å². The lowest BCUT2D eigenvalue weighted by atomic mass is 10.1. The van der Waals surface area contributed by atoms with Crippen molar-refractivity contribution in [3.8, 4) is 6.07 Å². The highest BCUT2D eigenvalue weighted by molar-refractivity contribution is 5.85. The van der Waals surface area contributed by atoms with Crippen molar-refractivity contribution in [3.05, 3.63) is 65.9 Å². The highest BCUT2D eigenvalue weighted by Gasteiger charge is 2.37. The number of benzene rings is 1. The number of anilines is 2. The highest BCUT2D eigenvalue weighted by Crippen LogP contribution is 2.38. The number of para-hydroxylation sites is 2. The van der Waals surface area contributed by atoms with E-state index < -0.39 is 17.3 Å². The van der Waals surface area contributed by atoms with Crippen LogP contribution in [0.4, 0.5) is 24.8 Å². The lowest BCUT2D eigenvalue weighted by molar-refractivity contribution is -0.137. The van der Waals surface area contributed by atoms with Crippen LogP contribution in [0.5, 0.6) is 0 Å². The number of imidazole rings is 1. The molecular weight excluding hydrogens is 405 g/mol. The number of nitrogens with zero attached hydrogens (tertiary/aromatic N) is 6. The molecule has 0 spiro atoms. The van der Waals surface area contributed by atoms with Crippen molar-refractivity contribution in [2.45, 2.75) is 6.18 Å². The van der Waals surface area contributed by atoms with Crippen LogP contribution in [0.15, 0.2) is 54.7 Å². The molecule has 0 radical (unpaired) electrons. The molecule has 0 aliphatic carbocycles. The summed E-state index contributed by atoms with van der Waals surface area (Å²) in [7, 11) is 0. The van der Waals surface area contributed by atoms with Crippen LogP contribution < -0.4 is 9.80 Å². The summed E-state index contributed by atoms with van der Waals surface area (Å²) in [5.74, 6) is 1.23. The number of hydrogen-bond donors (Lipinski definition) is 0. The molecule has 4 heterocycles. The Morgan fingerprint density at radius 2 is 1.65 bits per heavy atom. The van der Waals surface area contributed by atoms with E-state index in [9.17, 15) is 18.4 Å². The Labute approximate surface area is 175 Å². The summed E-state index contributed by atoms with van der Waals surface area (Å²) in [6.45, 7) is 2.27. The maximum absolute atomic E-state index is 13.8. The fraction of sp³-hybridized carbons (Fsp3) is 0.227. The van der Waals surface area contributed by atoms with E-state index in [2.05, 4.69) is 14.9 Å². The number of piperazine rings is 1. The van der Waals surface area contributed by atoms with Crippen LogP contribution in [0.1, 0.15) is 11.1 Å². The van der Waals surface area contributed by atoms with Crippen LogP contribution in [-0.4, -0.2) is 40.5 Å². The summed E-state index contributed by atoms with van der Waals surface area (Å²) in [4.78, 5) is 12.7. The van der Waals surface area contributed by atoms with Crippen molar-refractivity contribution in [2.75, 3.05) is 36.0 Å². The van der Waals surface area contributed by atoms with Crippen molar-refractivity contribution in [1.82, 2.24) is 14.4 Å². The predicted molar refractivity (Wildman–Crippen MR) is 111 cm³/mol. The van der Waals surface area contributed by atoms with Crippen molar-refractivity contribution >= 4 is 28.3 Å². The summed E-state index contributed by atoms with van der Waals surface area (Å²) in [6, 6.07) is 15.6. The van der Waals surface area contributed by atoms with Gasteiger partial charge in [-0.2, -0.15) is 18.4 Å². The molecule has 1 saturated heterocycles. The van der Waals surface area contributed by atoms with E-state index in [-0.39, 0.29) is 5.65 Å². The molecule has 4 aromatic rings. The molecule has 5 rings (SSSR count). The van der Waals surface area contributed by atoms with Gasteiger partial charge in [-0.3, -0.25) is 4.40 Å². The van der Waals surface area contributed by atoms with Crippen LogP contribution in [0.25, 0.3) is 16.7 Å². The van der Waals surface area contributed by atoms with Crippen molar-refractivity contribution in [1.29, 1.82) is 5.26 Å². The van der Waals surface area contributed by atoms with Gasteiger partial charge in [-0.25, -0.2) is 9.97 Å². The van der Waals surface area contributed by atoms with Crippen LogP contribution in [0.2, 0.25) is 0 Å². The van der Waals surface area contributed by atoms with Gasteiger partial charge in [-0.15, -0.1) is 0 Å². The van der Waals surface area contributed by atoms with Gasteiger partial charge in [0.05, 0.1) is 16.6 Å². The van der Waals surface area contributed by atoms with Gasteiger partial charge in [-0.05, 0) is 30.3 Å². The molecule has 3 aromatic heterocycles. The van der Waals surface area contributed by atoms with E-state index >= 15 is 0 Å². The number of aromatic nitrogens is 3. The topological polar surface area (TPSA) is 60.5 Å². The Kier molecular flexibility index (Phi) is 4.43. The smallest absolute Gasteiger partial charge is 0.354 e. The minimum Gasteiger partial charge on any atom is -0.354 e. The third kappa shape index (κ3) is 3.20. The largest absolute Gasteiger partial charge is 0.417 e. The van der Waals surface area contributed by atoms with Crippen LogP contribution in [0.3, 0.4) is 0 Å². The Balaban J connectivity index is 1.64. The zero-order valence-corrected chi connectivity index (χ0v) is 16.3. The molecule has 0 bridgehead atoms. The van der Waals surface area contributed by atoms with Gasteiger partial charge in [0.2, 0.25) is 0 Å². The number of halogens is 3. The summed E-state index contributed by atoms with van der Waals surface area (Å²) in [5.41, 5.74) is -0.170. The van der Waals surface area contributed by atoms with Gasteiger partial charge in [0.15, 0.2) is 5.65 Å². The number of pyridine rings is 2. The van der Waals surface area contributed by atoms with Gasteiger partial charge in [0, 0.05) is 32.4 Å². The molecule has 1 aromatic carbocycles. The van der Waals surface area contributed by atoms with E-state index in [1.165, 1.54) is 0 Å². The average Bonchev–Trinajstić information content (AvgIpc) is 3.18. The molecule has 156 valence electrons. The van der Waals surface area contributed by atoms with E-state index in [1.54, 1.807) is 34.9 Å². The first kappa shape index (κ1) is 19.2. The fourth-order valence-corrected chi connectivity index (χ4v) is 4.08. The molecular formula is C22H17F3N6. The Bertz CT molecular complexity index is 1300. The quantitative estimate of drug-likeness (QED) is 0.487. The number of alkyl halides is 3. The highest BCUT2D eigenvalue weighted by atomic mass is 19.4. The van der Waals surface area contributed by atoms with E-state index in [1.807, 2.05) is 29.2 Å². The van der Waals surface area contributed by atoms with Gasteiger partial charge < -0.3 is 9.80 Å². The first-order chi connectivity index (χ1) is 15.0. The molecule has 6 nitrogen and oxygen atoms in total. The maximum Gasteiger partial charge on any atom is 0.417 e. The zero-order valence-electron chi connectivity index (χ0n) is 16.3. The average molecular weight is 422 g/mol. The van der Waals surface area contributed by atoms with Gasteiger partial charge in [0.25, 0.3) is 0 Å². The number of nitriles is 1. The van der Waals surface area contributed by atoms with E-state index in [0.717, 1.165) is 11.9 Å². The van der Waals surface area contributed by atoms with Crippen LogP contribution in [-0.2, 0) is 6.18 Å². The summed E-state index contributed by atoms with van der Waals surface area (Å²) in [6.07, 6.45) is -2.94. The molecule has 9 heteroatoms. The molecule has 31 heavy (non-hydrogen) atoms. The molecule has 1 aliphatic heterocycles. The first-order valence-electron chi connectivity index (χ1n) is 9.80. The second-order valence-electron chi connectivity index (χ2n) is 7.32. The first-order valence-corrected chi connectivity index (χ1v) is 9.80. The lowest BCUT2D eigenvalue weighted by Gasteiger charge is -2.37.